The van der Waals surface area contributed by atoms with Gasteiger partial charge in [0.05, 0.1) is 18.1 Å². The number of nitrogen functional groups attached to an aromatic ring is 1. The van der Waals surface area contributed by atoms with Crippen molar-refractivity contribution in [3.63, 3.8) is 0 Å². The van der Waals surface area contributed by atoms with Crippen LogP contribution in [0, 0.1) is 13.8 Å². The second-order valence-corrected chi connectivity index (χ2v) is 5.11. The van der Waals surface area contributed by atoms with Gasteiger partial charge >= 0.3 is 0 Å². The lowest BCUT2D eigenvalue weighted by molar-refractivity contribution is 0.415. The zero-order valence-corrected chi connectivity index (χ0v) is 12.3. The summed E-state index contributed by atoms with van der Waals surface area (Å²) in [5.74, 6) is 1.18. The van der Waals surface area contributed by atoms with Gasteiger partial charge in [-0.15, -0.1) is 0 Å². The predicted octanol–water partition coefficient (Wildman–Crippen LogP) is 3.50. The first-order valence-corrected chi connectivity index (χ1v) is 6.78. The highest BCUT2D eigenvalue weighted by atomic mass is 16.5. The van der Waals surface area contributed by atoms with Crippen LogP contribution in [0.15, 0.2) is 36.4 Å². The Bertz CT molecular complexity index is 828. The Labute approximate surface area is 123 Å². The van der Waals surface area contributed by atoms with E-state index in [2.05, 4.69) is 16.0 Å². The number of hydrogen-bond acceptors (Lipinski definition) is 4. The summed E-state index contributed by atoms with van der Waals surface area (Å²) in [4.78, 5) is 9.13. The molecular formula is C17H17N3O. The highest BCUT2D eigenvalue weighted by Gasteiger charge is 2.16. The lowest BCUT2D eigenvalue weighted by atomic mass is 10.0. The van der Waals surface area contributed by atoms with Gasteiger partial charge in [0.15, 0.2) is 5.82 Å². The first-order chi connectivity index (χ1) is 10.1. The molecule has 0 saturated carbocycles. The van der Waals surface area contributed by atoms with Crippen LogP contribution in [-0.2, 0) is 0 Å². The van der Waals surface area contributed by atoms with Gasteiger partial charge in [-0.2, -0.15) is 0 Å². The van der Waals surface area contributed by atoms with Crippen molar-refractivity contribution in [1.29, 1.82) is 0 Å². The lowest BCUT2D eigenvalue weighted by Crippen LogP contribution is -2.01. The normalized spacial score (nSPS) is 10.8. The van der Waals surface area contributed by atoms with Gasteiger partial charge in [-0.1, -0.05) is 18.2 Å². The van der Waals surface area contributed by atoms with E-state index in [9.17, 15) is 0 Å². The van der Waals surface area contributed by atoms with Crippen molar-refractivity contribution in [2.45, 2.75) is 13.8 Å². The third kappa shape index (κ3) is 2.29. The third-order valence-corrected chi connectivity index (χ3v) is 3.50. The monoisotopic (exact) mass is 279 g/mol. The van der Waals surface area contributed by atoms with Crippen LogP contribution < -0.4 is 10.5 Å². The molecule has 21 heavy (non-hydrogen) atoms. The highest BCUT2D eigenvalue weighted by Crippen LogP contribution is 2.36. The maximum absolute atomic E-state index is 6.12. The zero-order chi connectivity index (χ0) is 15.0. The van der Waals surface area contributed by atoms with Crippen LogP contribution in [0.2, 0.25) is 0 Å². The summed E-state index contributed by atoms with van der Waals surface area (Å²) in [5, 5.41) is 0. The van der Waals surface area contributed by atoms with Crippen LogP contribution in [0.5, 0.6) is 5.75 Å². The lowest BCUT2D eigenvalue weighted by Gasteiger charge is -2.14. The number of rotatable bonds is 2. The van der Waals surface area contributed by atoms with E-state index in [0.29, 0.717) is 11.5 Å². The van der Waals surface area contributed by atoms with E-state index in [-0.39, 0.29) is 0 Å². The SMILES string of the molecule is COc1cc(C)cc(C)c1-c1nc2ccccc2nc1N. The minimum Gasteiger partial charge on any atom is -0.496 e. The number of aryl methyl sites for hydroxylation is 2. The summed E-state index contributed by atoms with van der Waals surface area (Å²) in [5.41, 5.74) is 11.5. The Morgan fingerprint density at radius 1 is 1.00 bits per heavy atom. The summed E-state index contributed by atoms with van der Waals surface area (Å²) in [7, 11) is 1.66. The van der Waals surface area contributed by atoms with E-state index in [4.69, 9.17) is 10.5 Å². The summed E-state index contributed by atoms with van der Waals surface area (Å²) in [6.45, 7) is 4.07. The fourth-order valence-corrected chi connectivity index (χ4v) is 2.59. The zero-order valence-electron chi connectivity index (χ0n) is 12.3. The molecule has 2 aromatic carbocycles. The van der Waals surface area contributed by atoms with Crippen molar-refractivity contribution in [1.82, 2.24) is 9.97 Å². The van der Waals surface area contributed by atoms with E-state index >= 15 is 0 Å². The van der Waals surface area contributed by atoms with Crippen molar-refractivity contribution >= 4 is 16.9 Å². The fourth-order valence-electron chi connectivity index (χ4n) is 2.59. The number of nitrogens with zero attached hydrogens (tertiary/aromatic N) is 2. The molecular weight excluding hydrogens is 262 g/mol. The van der Waals surface area contributed by atoms with Crippen LogP contribution in [0.3, 0.4) is 0 Å². The van der Waals surface area contributed by atoms with E-state index in [0.717, 1.165) is 33.5 Å². The molecule has 3 aromatic rings. The van der Waals surface area contributed by atoms with Gasteiger partial charge in [-0.3, -0.25) is 0 Å². The summed E-state index contributed by atoms with van der Waals surface area (Å²) < 4.78 is 5.51. The van der Waals surface area contributed by atoms with Crippen LogP contribution >= 0.6 is 0 Å². The number of aromatic nitrogens is 2. The van der Waals surface area contributed by atoms with Crippen LogP contribution in [0.4, 0.5) is 5.82 Å². The Morgan fingerprint density at radius 2 is 1.67 bits per heavy atom. The smallest absolute Gasteiger partial charge is 0.150 e. The standard InChI is InChI=1S/C17H17N3O/c1-10-8-11(2)15(14(9-10)21-3)16-17(18)20-13-7-5-4-6-12(13)19-16/h4-9H,1-3H3,(H2,18,20). The van der Waals surface area contributed by atoms with Gasteiger partial charge in [-0.05, 0) is 43.2 Å². The summed E-state index contributed by atoms with van der Waals surface area (Å²) in [6.07, 6.45) is 0. The molecule has 1 aromatic heterocycles. The van der Waals surface area contributed by atoms with Gasteiger partial charge < -0.3 is 10.5 Å². The number of nitrogens with two attached hydrogens (primary N) is 1. The van der Waals surface area contributed by atoms with E-state index in [1.807, 2.05) is 44.2 Å². The fraction of sp³-hybridized carbons (Fsp3) is 0.176. The Balaban J connectivity index is 2.32. The minimum absolute atomic E-state index is 0.416. The highest BCUT2D eigenvalue weighted by molar-refractivity contribution is 5.85. The largest absolute Gasteiger partial charge is 0.496 e. The molecule has 1 heterocycles. The molecule has 0 amide bonds. The van der Waals surface area contributed by atoms with Gasteiger partial charge in [-0.25, -0.2) is 9.97 Å². The molecule has 3 rings (SSSR count). The molecule has 0 bridgehead atoms. The van der Waals surface area contributed by atoms with Gasteiger partial charge in [0.25, 0.3) is 0 Å². The number of ether oxygens (including phenoxy) is 1. The first kappa shape index (κ1) is 13.4. The molecule has 4 heteroatoms. The van der Waals surface area contributed by atoms with Crippen molar-refractivity contribution in [2.24, 2.45) is 0 Å². The van der Waals surface area contributed by atoms with Crippen molar-refractivity contribution in [2.75, 3.05) is 12.8 Å². The predicted molar refractivity (Wildman–Crippen MR) is 85.4 cm³/mol. The second-order valence-electron chi connectivity index (χ2n) is 5.11. The average Bonchev–Trinajstić information content (AvgIpc) is 2.46. The number of hydrogen-bond donors (Lipinski definition) is 1. The van der Waals surface area contributed by atoms with E-state index < -0.39 is 0 Å². The topological polar surface area (TPSA) is 61.0 Å². The number of methoxy groups -OCH3 is 1. The molecule has 0 aliphatic heterocycles. The number of benzene rings is 2. The second kappa shape index (κ2) is 5.05. The van der Waals surface area contributed by atoms with Gasteiger partial charge in [0.1, 0.15) is 11.4 Å². The van der Waals surface area contributed by atoms with Crippen LogP contribution in [-0.4, -0.2) is 17.1 Å². The summed E-state index contributed by atoms with van der Waals surface area (Å²) >= 11 is 0. The molecule has 0 aliphatic carbocycles. The number of para-hydroxylation sites is 2. The third-order valence-electron chi connectivity index (χ3n) is 3.50. The van der Waals surface area contributed by atoms with Crippen LogP contribution in [0.25, 0.3) is 22.3 Å². The van der Waals surface area contributed by atoms with E-state index in [1.54, 1.807) is 7.11 Å². The molecule has 2 N–H and O–H groups in total. The van der Waals surface area contributed by atoms with Gasteiger partial charge in [0.2, 0.25) is 0 Å². The quantitative estimate of drug-likeness (QED) is 0.780. The van der Waals surface area contributed by atoms with E-state index in [1.165, 1.54) is 0 Å². The minimum atomic E-state index is 0.416. The average molecular weight is 279 g/mol. The van der Waals surface area contributed by atoms with Gasteiger partial charge in [0, 0.05) is 5.56 Å². The summed E-state index contributed by atoms with van der Waals surface area (Å²) in [6, 6.07) is 11.8. The molecule has 0 spiro atoms. The molecule has 0 aliphatic rings. The molecule has 0 unspecified atom stereocenters. The molecule has 4 nitrogen and oxygen atoms in total. The van der Waals surface area contributed by atoms with Crippen LogP contribution in [0.1, 0.15) is 11.1 Å². The Morgan fingerprint density at radius 3 is 2.33 bits per heavy atom. The van der Waals surface area contributed by atoms with Crippen molar-refractivity contribution in [3.05, 3.63) is 47.5 Å². The molecule has 106 valence electrons. The van der Waals surface area contributed by atoms with Crippen molar-refractivity contribution < 1.29 is 4.74 Å². The first-order valence-electron chi connectivity index (χ1n) is 6.78. The number of anilines is 1. The molecule has 0 radical (unpaired) electrons. The Kier molecular flexibility index (Phi) is 3.22. The Hall–Kier alpha value is -2.62. The molecule has 0 atom stereocenters. The number of fused-ring (bicyclic) bond motifs is 1. The van der Waals surface area contributed by atoms with Crippen molar-refractivity contribution in [3.8, 4) is 17.0 Å². The molecule has 0 fully saturated rings. The maximum Gasteiger partial charge on any atom is 0.150 e. The maximum atomic E-state index is 6.12. The molecule has 0 saturated heterocycles.